The molecule has 0 amide bonds. The Kier molecular flexibility index (Phi) is 5.01. The van der Waals surface area contributed by atoms with Gasteiger partial charge >= 0.3 is 0 Å². The molecule has 0 aliphatic heterocycles. The number of hydrogen-bond donors (Lipinski definition) is 1. The Hall–Kier alpha value is -1.55. The first-order chi connectivity index (χ1) is 9.58. The molecule has 0 fully saturated rings. The van der Waals surface area contributed by atoms with Gasteiger partial charge in [-0.3, -0.25) is 0 Å². The number of nitrogens with one attached hydrogen (secondary N) is 1. The fraction of sp³-hybridized carbons (Fsp3) is 0.250. The minimum absolute atomic E-state index is 0.108. The lowest BCUT2D eigenvalue weighted by molar-refractivity contribution is 0.240. The van der Waals surface area contributed by atoms with Crippen molar-refractivity contribution in [1.29, 1.82) is 0 Å². The van der Waals surface area contributed by atoms with Gasteiger partial charge in [-0.25, -0.2) is 4.39 Å². The Bertz CT molecular complexity index is 566. The van der Waals surface area contributed by atoms with Gasteiger partial charge in [-0.1, -0.05) is 24.3 Å². The molecule has 0 unspecified atom stereocenters. The summed E-state index contributed by atoms with van der Waals surface area (Å²) < 4.78 is 20.2. The third-order valence-electron chi connectivity index (χ3n) is 2.75. The second-order valence-corrected chi connectivity index (χ2v) is 5.58. The van der Waals surface area contributed by atoms with Crippen LogP contribution in [0.25, 0.3) is 0 Å². The summed E-state index contributed by atoms with van der Waals surface area (Å²) in [5.74, 6) is 0.545. The molecule has 0 radical (unpaired) electrons. The second-order valence-electron chi connectivity index (χ2n) is 4.72. The molecular weight excluding hydrogens is 321 g/mol. The molecule has 1 N–H and O–H groups in total. The monoisotopic (exact) mass is 337 g/mol. The molecule has 0 atom stereocenters. The van der Waals surface area contributed by atoms with Gasteiger partial charge in [0.05, 0.1) is 11.8 Å². The normalized spacial score (nSPS) is 10.7. The van der Waals surface area contributed by atoms with Crippen LogP contribution in [0.2, 0.25) is 0 Å². The molecule has 2 rings (SSSR count). The molecule has 2 aromatic carbocycles. The van der Waals surface area contributed by atoms with Crippen LogP contribution >= 0.6 is 15.9 Å². The van der Waals surface area contributed by atoms with E-state index >= 15 is 0 Å². The zero-order valence-corrected chi connectivity index (χ0v) is 13.1. The lowest BCUT2D eigenvalue weighted by Gasteiger charge is -2.15. The van der Waals surface area contributed by atoms with E-state index in [2.05, 4.69) is 21.2 Å². The Morgan fingerprint density at radius 1 is 1.15 bits per heavy atom. The van der Waals surface area contributed by atoms with Gasteiger partial charge in [0, 0.05) is 16.6 Å². The van der Waals surface area contributed by atoms with Crippen LogP contribution in [0.1, 0.15) is 19.4 Å². The van der Waals surface area contributed by atoms with Crippen LogP contribution < -0.4 is 10.1 Å². The van der Waals surface area contributed by atoms with Crippen LogP contribution in [0.5, 0.6) is 5.75 Å². The fourth-order valence-electron chi connectivity index (χ4n) is 1.87. The van der Waals surface area contributed by atoms with E-state index in [0.717, 1.165) is 11.3 Å². The smallest absolute Gasteiger partial charge is 0.147 e. The number of anilines is 1. The van der Waals surface area contributed by atoms with E-state index in [9.17, 15) is 4.39 Å². The van der Waals surface area contributed by atoms with E-state index in [0.29, 0.717) is 16.7 Å². The van der Waals surface area contributed by atoms with Gasteiger partial charge in [0.1, 0.15) is 11.6 Å². The van der Waals surface area contributed by atoms with Gasteiger partial charge in [-0.15, -0.1) is 0 Å². The van der Waals surface area contributed by atoms with Crippen molar-refractivity contribution in [2.24, 2.45) is 0 Å². The molecule has 0 heterocycles. The zero-order valence-electron chi connectivity index (χ0n) is 11.5. The average molecular weight is 338 g/mol. The zero-order chi connectivity index (χ0) is 14.5. The maximum Gasteiger partial charge on any atom is 0.147 e. The molecule has 0 saturated carbocycles. The molecule has 106 valence electrons. The molecular formula is C16H17BrFNO. The molecule has 0 spiro atoms. The van der Waals surface area contributed by atoms with Crippen LogP contribution in [-0.4, -0.2) is 6.10 Å². The topological polar surface area (TPSA) is 21.3 Å². The second kappa shape index (κ2) is 6.75. The van der Waals surface area contributed by atoms with E-state index in [1.807, 2.05) is 44.2 Å². The summed E-state index contributed by atoms with van der Waals surface area (Å²) in [7, 11) is 0. The number of hydrogen-bond acceptors (Lipinski definition) is 2. The van der Waals surface area contributed by atoms with Gasteiger partial charge in [-0.05, 0) is 48.0 Å². The Morgan fingerprint density at radius 3 is 2.60 bits per heavy atom. The van der Waals surface area contributed by atoms with Crippen LogP contribution in [0.15, 0.2) is 46.9 Å². The van der Waals surface area contributed by atoms with Gasteiger partial charge in [-0.2, -0.15) is 0 Å². The van der Waals surface area contributed by atoms with Crippen molar-refractivity contribution >= 4 is 21.6 Å². The average Bonchev–Trinajstić information content (AvgIpc) is 2.39. The molecule has 4 heteroatoms. The SMILES string of the molecule is CC(C)Oc1ccccc1CNc1c(F)cccc1Br. The van der Waals surface area contributed by atoms with Crippen molar-refractivity contribution in [3.8, 4) is 5.75 Å². The van der Waals surface area contributed by atoms with Crippen molar-refractivity contribution in [2.45, 2.75) is 26.5 Å². The molecule has 0 saturated heterocycles. The minimum Gasteiger partial charge on any atom is -0.491 e. The highest BCUT2D eigenvalue weighted by Gasteiger charge is 2.08. The standard InChI is InChI=1S/C16H17BrFNO/c1-11(2)20-15-9-4-3-6-12(15)10-19-16-13(17)7-5-8-14(16)18/h3-9,11,19H,10H2,1-2H3. The summed E-state index contributed by atoms with van der Waals surface area (Å²) in [5, 5.41) is 3.11. The quantitative estimate of drug-likeness (QED) is 0.829. The summed E-state index contributed by atoms with van der Waals surface area (Å²) in [4.78, 5) is 0. The van der Waals surface area contributed by atoms with Crippen LogP contribution in [-0.2, 0) is 6.54 Å². The van der Waals surface area contributed by atoms with Gasteiger partial charge in [0.2, 0.25) is 0 Å². The molecule has 0 aliphatic carbocycles. The number of benzene rings is 2. The van der Waals surface area contributed by atoms with Crippen molar-refractivity contribution in [3.05, 3.63) is 58.3 Å². The molecule has 2 nitrogen and oxygen atoms in total. The lowest BCUT2D eigenvalue weighted by Crippen LogP contribution is -2.09. The van der Waals surface area contributed by atoms with E-state index in [1.54, 1.807) is 6.07 Å². The first kappa shape index (κ1) is 14.9. The third-order valence-corrected chi connectivity index (χ3v) is 3.41. The first-order valence-electron chi connectivity index (χ1n) is 6.50. The molecule has 0 aliphatic rings. The van der Waals surface area contributed by atoms with Crippen LogP contribution in [0, 0.1) is 5.82 Å². The first-order valence-corrected chi connectivity index (χ1v) is 7.29. The van der Waals surface area contributed by atoms with E-state index in [-0.39, 0.29) is 11.9 Å². The maximum atomic E-state index is 13.7. The number of para-hydroxylation sites is 2. The fourth-order valence-corrected chi connectivity index (χ4v) is 2.35. The predicted molar refractivity (Wildman–Crippen MR) is 83.6 cm³/mol. The minimum atomic E-state index is -0.276. The van der Waals surface area contributed by atoms with Crippen molar-refractivity contribution in [2.75, 3.05) is 5.32 Å². The lowest BCUT2D eigenvalue weighted by atomic mass is 10.2. The van der Waals surface area contributed by atoms with E-state index < -0.39 is 0 Å². The molecule has 2 aromatic rings. The highest BCUT2D eigenvalue weighted by Crippen LogP contribution is 2.27. The van der Waals surface area contributed by atoms with Crippen molar-refractivity contribution in [3.63, 3.8) is 0 Å². The summed E-state index contributed by atoms with van der Waals surface area (Å²) >= 11 is 3.35. The summed E-state index contributed by atoms with van der Waals surface area (Å²) in [6.45, 7) is 4.47. The summed E-state index contributed by atoms with van der Waals surface area (Å²) in [5.41, 5.74) is 1.46. The van der Waals surface area contributed by atoms with Gasteiger partial charge < -0.3 is 10.1 Å². The summed E-state index contributed by atoms with van der Waals surface area (Å²) in [6.07, 6.45) is 0.108. The number of ether oxygens (including phenoxy) is 1. The molecule has 20 heavy (non-hydrogen) atoms. The van der Waals surface area contributed by atoms with E-state index in [4.69, 9.17) is 4.74 Å². The largest absolute Gasteiger partial charge is 0.491 e. The van der Waals surface area contributed by atoms with E-state index in [1.165, 1.54) is 6.07 Å². The predicted octanol–water partition coefficient (Wildman–Crippen LogP) is 4.99. The summed E-state index contributed by atoms with van der Waals surface area (Å²) in [6, 6.07) is 12.7. The third kappa shape index (κ3) is 3.73. The Balaban J connectivity index is 2.15. The van der Waals surface area contributed by atoms with Crippen molar-refractivity contribution < 1.29 is 9.13 Å². The highest BCUT2D eigenvalue weighted by molar-refractivity contribution is 9.10. The van der Waals surface area contributed by atoms with Crippen LogP contribution in [0.4, 0.5) is 10.1 Å². The highest BCUT2D eigenvalue weighted by atomic mass is 79.9. The Labute approximate surface area is 127 Å². The molecule has 0 aromatic heterocycles. The Morgan fingerprint density at radius 2 is 1.90 bits per heavy atom. The molecule has 0 bridgehead atoms. The number of halogens is 2. The van der Waals surface area contributed by atoms with Crippen LogP contribution in [0.3, 0.4) is 0 Å². The number of rotatable bonds is 5. The van der Waals surface area contributed by atoms with Crippen molar-refractivity contribution in [1.82, 2.24) is 0 Å². The maximum absolute atomic E-state index is 13.7. The van der Waals surface area contributed by atoms with Gasteiger partial charge in [0.15, 0.2) is 0 Å². The van der Waals surface area contributed by atoms with Gasteiger partial charge in [0.25, 0.3) is 0 Å².